The molecule has 0 aliphatic rings. The van der Waals surface area contributed by atoms with Crippen molar-refractivity contribution in [2.45, 2.75) is 45.8 Å². The Kier molecular flexibility index (Phi) is 3.29. The average molecular weight is 277 g/mol. The topological polar surface area (TPSA) is 88.2 Å². The van der Waals surface area contributed by atoms with Gasteiger partial charge in [0.15, 0.2) is 0 Å². The van der Waals surface area contributed by atoms with Crippen molar-refractivity contribution in [3.8, 4) is 0 Å². The first kappa shape index (κ1) is 14.5. The fraction of sp³-hybridized carbons (Fsp3) is 0.500. The summed E-state index contributed by atoms with van der Waals surface area (Å²) in [6, 6.07) is 1.68. The largest absolute Gasteiger partial charge is 0.388 e. The van der Waals surface area contributed by atoms with Crippen molar-refractivity contribution < 1.29 is 14.4 Å². The fourth-order valence-corrected chi connectivity index (χ4v) is 1.58. The summed E-state index contributed by atoms with van der Waals surface area (Å²) in [4.78, 5) is 16.3. The Hall–Kier alpha value is -1.95. The van der Waals surface area contributed by atoms with Crippen molar-refractivity contribution in [1.82, 2.24) is 15.5 Å². The Labute approximate surface area is 117 Å². The van der Waals surface area contributed by atoms with E-state index in [1.165, 1.54) is 6.20 Å². The number of aliphatic hydroxyl groups is 1. The van der Waals surface area contributed by atoms with E-state index in [-0.39, 0.29) is 5.91 Å². The highest BCUT2D eigenvalue weighted by atomic mass is 16.5. The van der Waals surface area contributed by atoms with Crippen LogP contribution in [0, 0.1) is 6.92 Å². The summed E-state index contributed by atoms with van der Waals surface area (Å²) in [5, 5.41) is 17.4. The molecule has 0 radical (unpaired) electrons. The Bertz CT molecular complexity index is 653. The van der Waals surface area contributed by atoms with Crippen LogP contribution in [0.1, 0.15) is 43.7 Å². The molecule has 2 aromatic rings. The maximum Gasteiger partial charge on any atom is 0.257 e. The lowest BCUT2D eigenvalue weighted by molar-refractivity contribution is -0.00293. The summed E-state index contributed by atoms with van der Waals surface area (Å²) in [5.74, 6) is -0.299. The number of aromatic nitrogens is 2. The van der Waals surface area contributed by atoms with Crippen LogP contribution in [0.2, 0.25) is 0 Å². The molecule has 6 heteroatoms. The lowest BCUT2D eigenvalue weighted by Gasteiger charge is -2.37. The Morgan fingerprint density at radius 1 is 1.35 bits per heavy atom. The quantitative estimate of drug-likeness (QED) is 0.893. The van der Waals surface area contributed by atoms with Crippen molar-refractivity contribution >= 4 is 17.0 Å². The van der Waals surface area contributed by atoms with E-state index in [4.69, 9.17) is 4.52 Å². The zero-order valence-electron chi connectivity index (χ0n) is 12.3. The van der Waals surface area contributed by atoms with Gasteiger partial charge in [-0.05, 0) is 40.7 Å². The van der Waals surface area contributed by atoms with Crippen molar-refractivity contribution in [1.29, 1.82) is 0 Å². The maximum absolute atomic E-state index is 12.3. The first-order valence-electron chi connectivity index (χ1n) is 6.39. The number of fused-ring (bicyclic) bond motifs is 1. The average Bonchev–Trinajstić information content (AvgIpc) is 2.68. The molecule has 0 aromatic carbocycles. The highest BCUT2D eigenvalue weighted by Crippen LogP contribution is 2.22. The number of hydrogen-bond acceptors (Lipinski definition) is 5. The van der Waals surface area contributed by atoms with E-state index in [0.29, 0.717) is 22.4 Å². The summed E-state index contributed by atoms with van der Waals surface area (Å²) in [6.07, 6.45) is 1.43. The van der Waals surface area contributed by atoms with Crippen LogP contribution in [0.3, 0.4) is 0 Å². The molecule has 0 atom stereocenters. The van der Waals surface area contributed by atoms with Gasteiger partial charge in [-0.3, -0.25) is 4.79 Å². The van der Waals surface area contributed by atoms with Crippen molar-refractivity contribution in [2.24, 2.45) is 0 Å². The van der Waals surface area contributed by atoms with E-state index in [2.05, 4.69) is 15.5 Å². The molecular formula is C14H19N3O3. The minimum absolute atomic E-state index is 0.299. The number of pyridine rings is 1. The molecule has 20 heavy (non-hydrogen) atoms. The third kappa shape index (κ3) is 2.51. The molecule has 2 aromatic heterocycles. The molecule has 0 bridgehead atoms. The number of nitrogens with zero attached hydrogens (tertiary/aromatic N) is 2. The van der Waals surface area contributed by atoms with Gasteiger partial charge in [0.2, 0.25) is 0 Å². The number of hydrogen-bond donors (Lipinski definition) is 2. The second-order valence-corrected chi connectivity index (χ2v) is 5.98. The zero-order valence-corrected chi connectivity index (χ0v) is 12.3. The van der Waals surface area contributed by atoms with Gasteiger partial charge in [-0.2, -0.15) is 0 Å². The molecule has 0 aliphatic heterocycles. The van der Waals surface area contributed by atoms with Gasteiger partial charge in [-0.1, -0.05) is 5.16 Å². The summed E-state index contributed by atoms with van der Waals surface area (Å²) in [6.45, 7) is 8.62. The van der Waals surface area contributed by atoms with E-state index in [1.54, 1.807) is 40.7 Å². The molecule has 2 heterocycles. The number of amides is 1. The Balaban J connectivity index is 2.30. The number of carbonyl (C=O) groups excluding carboxylic acids is 1. The fourth-order valence-electron chi connectivity index (χ4n) is 1.58. The van der Waals surface area contributed by atoms with Crippen LogP contribution in [-0.4, -0.2) is 32.3 Å². The Morgan fingerprint density at radius 2 is 2.00 bits per heavy atom. The number of aryl methyl sites for hydroxylation is 1. The molecule has 0 fully saturated rings. The molecule has 0 spiro atoms. The highest BCUT2D eigenvalue weighted by Gasteiger charge is 2.36. The van der Waals surface area contributed by atoms with Crippen molar-refractivity contribution in [3.63, 3.8) is 0 Å². The zero-order chi connectivity index (χ0) is 15.1. The molecule has 108 valence electrons. The lowest BCUT2D eigenvalue weighted by Crippen LogP contribution is -2.57. The first-order valence-corrected chi connectivity index (χ1v) is 6.39. The molecule has 0 saturated heterocycles. The summed E-state index contributed by atoms with van der Waals surface area (Å²) < 4.78 is 5.01. The van der Waals surface area contributed by atoms with Crippen LogP contribution in [0.15, 0.2) is 16.8 Å². The third-order valence-corrected chi connectivity index (χ3v) is 3.73. The minimum atomic E-state index is -1.05. The number of carbonyl (C=O) groups is 1. The first-order chi connectivity index (χ1) is 9.12. The summed E-state index contributed by atoms with van der Waals surface area (Å²) in [5.41, 5.74) is -0.332. The van der Waals surface area contributed by atoms with Crippen molar-refractivity contribution in [3.05, 3.63) is 23.5 Å². The van der Waals surface area contributed by atoms with Gasteiger partial charge in [0.1, 0.15) is 0 Å². The summed E-state index contributed by atoms with van der Waals surface area (Å²) in [7, 11) is 0. The van der Waals surface area contributed by atoms with E-state index in [9.17, 15) is 9.90 Å². The highest BCUT2D eigenvalue weighted by molar-refractivity contribution is 5.97. The molecule has 0 saturated carbocycles. The lowest BCUT2D eigenvalue weighted by atomic mass is 9.86. The standard InChI is InChI=1S/C14H19N3O3/c1-8-10-6-9(7-15-12(10)20-17-8)11(18)16-13(2,3)14(4,5)19/h6-7,19H,1-5H3,(H,16,18). The molecule has 2 N–H and O–H groups in total. The van der Waals surface area contributed by atoms with Crippen LogP contribution in [-0.2, 0) is 0 Å². The smallest absolute Gasteiger partial charge is 0.257 e. The van der Waals surface area contributed by atoms with Gasteiger partial charge in [0.25, 0.3) is 11.6 Å². The van der Waals surface area contributed by atoms with Crippen LogP contribution in [0.4, 0.5) is 0 Å². The van der Waals surface area contributed by atoms with Gasteiger partial charge in [0, 0.05) is 6.20 Å². The normalized spacial score (nSPS) is 12.7. The molecular weight excluding hydrogens is 258 g/mol. The maximum atomic E-state index is 12.3. The van der Waals surface area contributed by atoms with Gasteiger partial charge < -0.3 is 14.9 Å². The molecule has 1 amide bonds. The summed E-state index contributed by atoms with van der Waals surface area (Å²) >= 11 is 0. The predicted octanol–water partition coefficient (Wildman–Crippen LogP) is 1.81. The second kappa shape index (κ2) is 4.56. The predicted molar refractivity (Wildman–Crippen MR) is 74.4 cm³/mol. The molecule has 6 nitrogen and oxygen atoms in total. The Morgan fingerprint density at radius 3 is 2.60 bits per heavy atom. The minimum Gasteiger partial charge on any atom is -0.388 e. The van der Waals surface area contributed by atoms with Crippen LogP contribution >= 0.6 is 0 Å². The third-order valence-electron chi connectivity index (χ3n) is 3.73. The van der Waals surface area contributed by atoms with E-state index in [1.807, 2.05) is 0 Å². The van der Waals surface area contributed by atoms with Gasteiger partial charge in [-0.15, -0.1) is 0 Å². The van der Waals surface area contributed by atoms with Gasteiger partial charge in [-0.25, -0.2) is 4.98 Å². The van der Waals surface area contributed by atoms with Gasteiger partial charge >= 0.3 is 0 Å². The monoisotopic (exact) mass is 277 g/mol. The SMILES string of the molecule is Cc1noc2ncc(C(=O)NC(C)(C)C(C)(C)O)cc12. The number of rotatable bonds is 3. The van der Waals surface area contributed by atoms with E-state index >= 15 is 0 Å². The second-order valence-electron chi connectivity index (χ2n) is 5.98. The van der Waals surface area contributed by atoms with Gasteiger partial charge in [0.05, 0.1) is 27.8 Å². The van der Waals surface area contributed by atoms with Crippen LogP contribution in [0.25, 0.3) is 11.1 Å². The molecule has 2 rings (SSSR count). The van der Waals surface area contributed by atoms with Crippen LogP contribution in [0.5, 0.6) is 0 Å². The molecule has 0 unspecified atom stereocenters. The van der Waals surface area contributed by atoms with Crippen molar-refractivity contribution in [2.75, 3.05) is 0 Å². The number of nitrogens with one attached hydrogen (secondary N) is 1. The van der Waals surface area contributed by atoms with E-state index in [0.717, 1.165) is 0 Å². The van der Waals surface area contributed by atoms with Crippen LogP contribution < -0.4 is 5.32 Å². The van der Waals surface area contributed by atoms with E-state index < -0.39 is 11.1 Å². The molecule has 0 aliphatic carbocycles.